The van der Waals surface area contributed by atoms with Crippen LogP contribution in [0.2, 0.25) is 0 Å². The number of para-hydroxylation sites is 1. The van der Waals surface area contributed by atoms with Crippen molar-refractivity contribution in [3.8, 4) is 0 Å². The summed E-state index contributed by atoms with van der Waals surface area (Å²) in [6, 6.07) is 15.8. The van der Waals surface area contributed by atoms with Gasteiger partial charge < -0.3 is 16.0 Å². The van der Waals surface area contributed by atoms with Crippen LogP contribution in [0, 0.1) is 0 Å². The van der Waals surface area contributed by atoms with Gasteiger partial charge in [0.2, 0.25) is 5.91 Å². The molecule has 3 N–H and O–H groups in total. The van der Waals surface area contributed by atoms with Crippen LogP contribution in [0.3, 0.4) is 0 Å². The zero-order valence-corrected chi connectivity index (χ0v) is 14.4. The number of nitrogens with one attached hydrogen (secondary N) is 1. The van der Waals surface area contributed by atoms with Crippen LogP contribution >= 0.6 is 15.9 Å². The zero-order chi connectivity index (χ0) is 16.2. The van der Waals surface area contributed by atoms with Gasteiger partial charge in [0.25, 0.3) is 0 Å². The largest absolute Gasteiger partial charge is 0.399 e. The average Bonchev–Trinajstić information content (AvgIpc) is 2.98. The number of nitrogen functional groups attached to an aromatic ring is 1. The van der Waals surface area contributed by atoms with E-state index in [1.807, 2.05) is 42.5 Å². The highest BCUT2D eigenvalue weighted by Crippen LogP contribution is 2.28. The van der Waals surface area contributed by atoms with E-state index in [1.54, 1.807) is 0 Å². The van der Waals surface area contributed by atoms with Crippen molar-refractivity contribution in [2.45, 2.75) is 18.9 Å². The first-order valence-electron chi connectivity index (χ1n) is 7.75. The maximum Gasteiger partial charge on any atom is 0.224 e. The molecule has 2 aromatic carbocycles. The highest BCUT2D eigenvalue weighted by atomic mass is 79.9. The highest BCUT2D eigenvalue weighted by Gasteiger charge is 2.24. The fourth-order valence-electron chi connectivity index (χ4n) is 2.90. The van der Waals surface area contributed by atoms with E-state index in [9.17, 15) is 4.79 Å². The number of hydrogen-bond donors (Lipinski definition) is 2. The average molecular weight is 374 g/mol. The van der Waals surface area contributed by atoms with Crippen molar-refractivity contribution in [1.29, 1.82) is 0 Å². The number of amides is 1. The van der Waals surface area contributed by atoms with Crippen LogP contribution in [0.4, 0.5) is 11.4 Å². The third kappa shape index (κ3) is 4.05. The van der Waals surface area contributed by atoms with E-state index in [1.165, 1.54) is 5.69 Å². The normalized spacial score (nSPS) is 17.3. The lowest BCUT2D eigenvalue weighted by Crippen LogP contribution is -2.38. The molecule has 3 rings (SSSR count). The highest BCUT2D eigenvalue weighted by molar-refractivity contribution is 9.10. The molecule has 2 aromatic rings. The van der Waals surface area contributed by atoms with Gasteiger partial charge in [-0.25, -0.2) is 0 Å². The Bertz CT molecular complexity index is 687. The van der Waals surface area contributed by atoms with Gasteiger partial charge in [0.15, 0.2) is 0 Å². The van der Waals surface area contributed by atoms with Crippen LogP contribution in [-0.4, -0.2) is 25.0 Å². The Hall–Kier alpha value is -2.01. The molecule has 1 aliphatic heterocycles. The lowest BCUT2D eigenvalue weighted by atomic mass is 10.1. The van der Waals surface area contributed by atoms with Crippen LogP contribution in [0.25, 0.3) is 0 Å². The summed E-state index contributed by atoms with van der Waals surface area (Å²) in [5.74, 6) is 0.0637. The molecule has 1 heterocycles. The predicted molar refractivity (Wildman–Crippen MR) is 97.5 cm³/mol. The summed E-state index contributed by atoms with van der Waals surface area (Å²) in [6.45, 7) is 1.80. The van der Waals surface area contributed by atoms with Gasteiger partial charge >= 0.3 is 0 Å². The van der Waals surface area contributed by atoms with Gasteiger partial charge in [-0.2, -0.15) is 0 Å². The molecule has 0 saturated carbocycles. The van der Waals surface area contributed by atoms with E-state index in [0.717, 1.165) is 29.5 Å². The molecule has 1 aliphatic rings. The number of halogens is 1. The minimum absolute atomic E-state index is 0.0637. The standard InChI is InChI=1S/C18H20BrN3O/c19-16-3-1-2-4-17(16)22-10-9-15(12-22)21-18(23)11-13-5-7-14(20)8-6-13/h1-8,15H,9-12,20H2,(H,21,23). The van der Waals surface area contributed by atoms with Gasteiger partial charge in [-0.05, 0) is 52.2 Å². The molecule has 5 heteroatoms. The van der Waals surface area contributed by atoms with Crippen LogP contribution in [-0.2, 0) is 11.2 Å². The molecule has 120 valence electrons. The summed E-state index contributed by atoms with van der Waals surface area (Å²) in [5, 5.41) is 3.13. The smallest absolute Gasteiger partial charge is 0.224 e. The maximum absolute atomic E-state index is 12.2. The Labute approximate surface area is 144 Å². The lowest BCUT2D eigenvalue weighted by Gasteiger charge is -2.20. The van der Waals surface area contributed by atoms with Crippen molar-refractivity contribution in [1.82, 2.24) is 5.32 Å². The van der Waals surface area contributed by atoms with Gasteiger partial charge in [0, 0.05) is 29.3 Å². The molecule has 1 fully saturated rings. The van der Waals surface area contributed by atoms with Crippen LogP contribution in [0.5, 0.6) is 0 Å². The first-order chi connectivity index (χ1) is 11.1. The van der Waals surface area contributed by atoms with Gasteiger partial charge in [-0.3, -0.25) is 4.79 Å². The van der Waals surface area contributed by atoms with Gasteiger partial charge in [0.1, 0.15) is 0 Å². The van der Waals surface area contributed by atoms with Crippen molar-refractivity contribution in [2.75, 3.05) is 23.7 Å². The van der Waals surface area contributed by atoms with Gasteiger partial charge in [-0.1, -0.05) is 24.3 Å². The fraction of sp³-hybridized carbons (Fsp3) is 0.278. The maximum atomic E-state index is 12.2. The van der Waals surface area contributed by atoms with E-state index in [0.29, 0.717) is 12.1 Å². The summed E-state index contributed by atoms with van der Waals surface area (Å²) in [6.07, 6.45) is 1.36. The Morgan fingerprint density at radius 3 is 2.70 bits per heavy atom. The Morgan fingerprint density at radius 1 is 1.22 bits per heavy atom. The molecule has 0 aliphatic carbocycles. The number of hydrogen-bond acceptors (Lipinski definition) is 3. The summed E-state index contributed by atoms with van der Waals surface area (Å²) in [4.78, 5) is 14.5. The third-order valence-electron chi connectivity index (χ3n) is 4.09. The van der Waals surface area contributed by atoms with E-state index < -0.39 is 0 Å². The molecule has 4 nitrogen and oxygen atoms in total. The molecule has 1 saturated heterocycles. The van der Waals surface area contributed by atoms with Crippen molar-refractivity contribution >= 4 is 33.2 Å². The van der Waals surface area contributed by atoms with Crippen LogP contribution in [0.1, 0.15) is 12.0 Å². The summed E-state index contributed by atoms with van der Waals surface area (Å²) in [5.41, 5.74) is 8.55. The number of anilines is 2. The van der Waals surface area contributed by atoms with Gasteiger partial charge in [-0.15, -0.1) is 0 Å². The number of benzene rings is 2. The van der Waals surface area contributed by atoms with E-state index in [-0.39, 0.29) is 11.9 Å². The fourth-order valence-corrected chi connectivity index (χ4v) is 3.44. The summed E-state index contributed by atoms with van der Waals surface area (Å²) < 4.78 is 1.09. The molecule has 0 spiro atoms. The second-order valence-electron chi connectivity index (χ2n) is 5.87. The van der Waals surface area contributed by atoms with Crippen LogP contribution < -0.4 is 16.0 Å². The number of carbonyl (C=O) groups excluding carboxylic acids is 1. The summed E-state index contributed by atoms with van der Waals surface area (Å²) >= 11 is 3.59. The molecule has 1 atom stereocenters. The number of carbonyl (C=O) groups is 1. The van der Waals surface area contributed by atoms with Gasteiger partial charge in [0.05, 0.1) is 12.1 Å². The number of nitrogens with zero attached hydrogens (tertiary/aromatic N) is 1. The lowest BCUT2D eigenvalue weighted by molar-refractivity contribution is -0.121. The molecular weight excluding hydrogens is 354 g/mol. The molecule has 23 heavy (non-hydrogen) atoms. The zero-order valence-electron chi connectivity index (χ0n) is 12.8. The van der Waals surface area contributed by atoms with Crippen molar-refractivity contribution in [3.05, 3.63) is 58.6 Å². The topological polar surface area (TPSA) is 58.4 Å². The SMILES string of the molecule is Nc1ccc(CC(=O)NC2CCN(c3ccccc3Br)C2)cc1. The summed E-state index contributed by atoms with van der Waals surface area (Å²) in [7, 11) is 0. The Morgan fingerprint density at radius 2 is 1.96 bits per heavy atom. The minimum Gasteiger partial charge on any atom is -0.399 e. The van der Waals surface area contributed by atoms with E-state index >= 15 is 0 Å². The van der Waals surface area contributed by atoms with E-state index in [4.69, 9.17) is 5.73 Å². The quantitative estimate of drug-likeness (QED) is 0.809. The van der Waals surface area contributed by atoms with Crippen molar-refractivity contribution in [2.24, 2.45) is 0 Å². The molecule has 0 aromatic heterocycles. The second kappa shape index (κ2) is 7.04. The molecule has 0 bridgehead atoms. The van der Waals surface area contributed by atoms with Crippen molar-refractivity contribution < 1.29 is 4.79 Å². The predicted octanol–water partition coefficient (Wildman–Crippen LogP) is 2.97. The third-order valence-corrected chi connectivity index (χ3v) is 4.76. The van der Waals surface area contributed by atoms with Crippen LogP contribution in [0.15, 0.2) is 53.0 Å². The first kappa shape index (κ1) is 15.9. The van der Waals surface area contributed by atoms with Crippen molar-refractivity contribution in [3.63, 3.8) is 0 Å². The molecular formula is C18H20BrN3O. The monoisotopic (exact) mass is 373 g/mol. The number of nitrogens with two attached hydrogens (primary N) is 1. The Kier molecular flexibility index (Phi) is 4.86. The Balaban J connectivity index is 1.54. The molecule has 0 radical (unpaired) electrons. The number of rotatable bonds is 4. The second-order valence-corrected chi connectivity index (χ2v) is 6.72. The molecule has 1 amide bonds. The molecule has 1 unspecified atom stereocenters. The van der Waals surface area contributed by atoms with E-state index in [2.05, 4.69) is 32.2 Å². The first-order valence-corrected chi connectivity index (χ1v) is 8.54. The minimum atomic E-state index is 0.0637.